The van der Waals surface area contributed by atoms with Gasteiger partial charge in [-0.3, -0.25) is 9.10 Å². The minimum Gasteiger partial charge on any atom is -0.346 e. The van der Waals surface area contributed by atoms with Crippen LogP contribution in [-0.4, -0.2) is 26.6 Å². The Kier molecular flexibility index (Phi) is 6.88. The predicted molar refractivity (Wildman–Crippen MR) is 115 cm³/mol. The van der Waals surface area contributed by atoms with E-state index in [-0.39, 0.29) is 17.7 Å². The molecule has 1 N–H and O–H groups in total. The van der Waals surface area contributed by atoms with E-state index in [1.165, 1.54) is 15.4 Å². The molecule has 0 bridgehead atoms. The number of rotatable bonds is 7. The standard InChI is InChI=1S/C22H30N2O3S/c1-7-24(28(26,27)8-2)20-11-9-19(10-12-20)22(25)23-18(6)21-14-16(4)15(3)13-17(21)5/h9-14,18H,7-8H2,1-6H3,(H,23,25)/t18-/m1/s1. The van der Waals surface area contributed by atoms with Crippen molar-refractivity contribution in [3.63, 3.8) is 0 Å². The average Bonchev–Trinajstić information content (AvgIpc) is 2.65. The molecule has 1 atom stereocenters. The van der Waals surface area contributed by atoms with E-state index in [2.05, 4.69) is 31.3 Å². The van der Waals surface area contributed by atoms with Crippen molar-refractivity contribution in [2.75, 3.05) is 16.6 Å². The van der Waals surface area contributed by atoms with Crippen molar-refractivity contribution in [1.82, 2.24) is 5.32 Å². The fraction of sp³-hybridized carbons (Fsp3) is 0.409. The maximum absolute atomic E-state index is 12.7. The number of anilines is 1. The summed E-state index contributed by atoms with van der Waals surface area (Å²) >= 11 is 0. The molecule has 0 fully saturated rings. The Hall–Kier alpha value is -2.34. The van der Waals surface area contributed by atoms with E-state index in [1.54, 1.807) is 38.1 Å². The first-order valence-electron chi connectivity index (χ1n) is 9.59. The second-order valence-corrected chi connectivity index (χ2v) is 9.28. The van der Waals surface area contributed by atoms with Crippen molar-refractivity contribution in [1.29, 1.82) is 0 Å². The Bertz CT molecular complexity index is 950. The molecule has 0 radical (unpaired) electrons. The molecule has 2 aromatic rings. The highest BCUT2D eigenvalue weighted by Gasteiger charge is 2.19. The first kappa shape index (κ1) is 22.0. The molecule has 6 heteroatoms. The normalized spacial score (nSPS) is 12.5. The Balaban J connectivity index is 2.18. The summed E-state index contributed by atoms with van der Waals surface area (Å²) in [5, 5.41) is 3.03. The summed E-state index contributed by atoms with van der Waals surface area (Å²) < 4.78 is 25.7. The zero-order chi connectivity index (χ0) is 21.1. The van der Waals surface area contributed by atoms with Gasteiger partial charge < -0.3 is 5.32 Å². The Labute approximate surface area is 168 Å². The van der Waals surface area contributed by atoms with Crippen LogP contribution in [0.2, 0.25) is 0 Å². The van der Waals surface area contributed by atoms with Crippen LogP contribution in [0, 0.1) is 20.8 Å². The third kappa shape index (κ3) is 4.73. The number of aryl methyl sites for hydroxylation is 3. The van der Waals surface area contributed by atoms with Crippen molar-refractivity contribution < 1.29 is 13.2 Å². The fourth-order valence-corrected chi connectivity index (χ4v) is 4.43. The number of carbonyl (C=O) groups is 1. The number of hydrogen-bond acceptors (Lipinski definition) is 3. The molecule has 0 saturated carbocycles. The highest BCUT2D eigenvalue weighted by Crippen LogP contribution is 2.23. The summed E-state index contributed by atoms with van der Waals surface area (Å²) in [5.74, 6) is -0.145. The lowest BCUT2D eigenvalue weighted by Gasteiger charge is -2.22. The quantitative estimate of drug-likeness (QED) is 0.752. The van der Waals surface area contributed by atoms with Gasteiger partial charge in [0.2, 0.25) is 10.0 Å². The van der Waals surface area contributed by atoms with Gasteiger partial charge in [-0.1, -0.05) is 12.1 Å². The van der Waals surface area contributed by atoms with E-state index in [0.29, 0.717) is 17.8 Å². The zero-order valence-corrected chi connectivity index (χ0v) is 18.4. The molecule has 0 spiro atoms. The van der Waals surface area contributed by atoms with Crippen molar-refractivity contribution in [3.8, 4) is 0 Å². The van der Waals surface area contributed by atoms with E-state index in [0.717, 1.165) is 11.1 Å². The minimum atomic E-state index is -3.33. The molecule has 0 aromatic heterocycles. The molecule has 0 aliphatic carbocycles. The van der Waals surface area contributed by atoms with Gasteiger partial charge in [-0.25, -0.2) is 8.42 Å². The topological polar surface area (TPSA) is 66.5 Å². The van der Waals surface area contributed by atoms with Gasteiger partial charge >= 0.3 is 0 Å². The molecule has 0 unspecified atom stereocenters. The molecule has 2 rings (SSSR count). The first-order valence-corrected chi connectivity index (χ1v) is 11.2. The largest absolute Gasteiger partial charge is 0.346 e. The maximum atomic E-state index is 12.7. The fourth-order valence-electron chi connectivity index (χ4n) is 3.28. The second-order valence-electron chi connectivity index (χ2n) is 7.10. The molecule has 0 aliphatic rings. The molecular weight excluding hydrogens is 372 g/mol. The van der Waals surface area contributed by atoms with Crippen LogP contribution in [-0.2, 0) is 10.0 Å². The molecule has 0 saturated heterocycles. The Morgan fingerprint density at radius 1 is 1.00 bits per heavy atom. The second kappa shape index (κ2) is 8.78. The third-order valence-electron chi connectivity index (χ3n) is 5.10. The van der Waals surface area contributed by atoms with Crippen molar-refractivity contribution in [2.45, 2.75) is 47.6 Å². The number of carbonyl (C=O) groups excluding carboxylic acids is 1. The van der Waals surface area contributed by atoms with E-state index in [9.17, 15) is 13.2 Å². The van der Waals surface area contributed by atoms with Crippen LogP contribution in [0.3, 0.4) is 0 Å². The summed E-state index contributed by atoms with van der Waals surface area (Å²) in [6.45, 7) is 11.9. The molecule has 152 valence electrons. The first-order chi connectivity index (χ1) is 13.1. The van der Waals surface area contributed by atoms with Crippen LogP contribution in [0.15, 0.2) is 36.4 Å². The minimum absolute atomic E-state index is 0.0376. The van der Waals surface area contributed by atoms with Crippen LogP contribution >= 0.6 is 0 Å². The molecule has 2 aromatic carbocycles. The lowest BCUT2D eigenvalue weighted by molar-refractivity contribution is 0.0940. The van der Waals surface area contributed by atoms with Crippen LogP contribution in [0.5, 0.6) is 0 Å². The smallest absolute Gasteiger partial charge is 0.251 e. The molecule has 5 nitrogen and oxygen atoms in total. The van der Waals surface area contributed by atoms with Crippen molar-refractivity contribution in [3.05, 3.63) is 64.2 Å². The summed E-state index contributed by atoms with van der Waals surface area (Å²) in [6.07, 6.45) is 0. The number of hydrogen-bond donors (Lipinski definition) is 1. The monoisotopic (exact) mass is 402 g/mol. The van der Waals surface area contributed by atoms with Gasteiger partial charge in [0.05, 0.1) is 17.5 Å². The summed E-state index contributed by atoms with van der Waals surface area (Å²) in [5.41, 5.74) is 5.75. The van der Waals surface area contributed by atoms with Gasteiger partial charge in [0.25, 0.3) is 5.91 Å². The zero-order valence-electron chi connectivity index (χ0n) is 17.5. The van der Waals surface area contributed by atoms with Crippen molar-refractivity contribution in [2.24, 2.45) is 0 Å². The summed E-state index contributed by atoms with van der Waals surface area (Å²) in [7, 11) is -3.33. The van der Waals surface area contributed by atoms with E-state index >= 15 is 0 Å². The highest BCUT2D eigenvalue weighted by atomic mass is 32.2. The van der Waals surface area contributed by atoms with Crippen LogP contribution < -0.4 is 9.62 Å². The molecule has 1 amide bonds. The van der Waals surface area contributed by atoms with Crippen LogP contribution in [0.25, 0.3) is 0 Å². The van der Waals surface area contributed by atoms with Gasteiger partial charge in [-0.15, -0.1) is 0 Å². The molecule has 0 aliphatic heterocycles. The van der Waals surface area contributed by atoms with E-state index < -0.39 is 10.0 Å². The Morgan fingerprint density at radius 3 is 2.11 bits per heavy atom. The maximum Gasteiger partial charge on any atom is 0.251 e. The number of benzene rings is 2. The Morgan fingerprint density at radius 2 is 1.57 bits per heavy atom. The van der Waals surface area contributed by atoms with Gasteiger partial charge in [-0.05, 0) is 88.1 Å². The molecule has 0 heterocycles. The number of nitrogens with one attached hydrogen (secondary N) is 1. The average molecular weight is 403 g/mol. The third-order valence-corrected chi connectivity index (χ3v) is 6.97. The van der Waals surface area contributed by atoms with Gasteiger partial charge in [-0.2, -0.15) is 0 Å². The molecule has 28 heavy (non-hydrogen) atoms. The van der Waals surface area contributed by atoms with Crippen LogP contribution in [0.4, 0.5) is 5.69 Å². The number of sulfonamides is 1. The lowest BCUT2D eigenvalue weighted by atomic mass is 9.96. The van der Waals surface area contributed by atoms with E-state index in [1.807, 2.05) is 13.8 Å². The predicted octanol–water partition coefficient (Wildman–Crippen LogP) is 4.28. The summed E-state index contributed by atoms with van der Waals surface area (Å²) in [6, 6.07) is 10.8. The number of amides is 1. The van der Waals surface area contributed by atoms with Crippen LogP contribution in [0.1, 0.15) is 59.4 Å². The van der Waals surface area contributed by atoms with E-state index in [4.69, 9.17) is 0 Å². The molecular formula is C22H30N2O3S. The highest BCUT2D eigenvalue weighted by molar-refractivity contribution is 7.92. The summed E-state index contributed by atoms with van der Waals surface area (Å²) in [4.78, 5) is 12.7. The van der Waals surface area contributed by atoms with Gasteiger partial charge in [0.15, 0.2) is 0 Å². The SMILES string of the molecule is CCN(c1ccc(C(=O)N[C@H](C)c2cc(C)c(C)cc2C)cc1)S(=O)(=O)CC. The van der Waals surface area contributed by atoms with Crippen molar-refractivity contribution >= 4 is 21.6 Å². The lowest BCUT2D eigenvalue weighted by Crippen LogP contribution is -2.32. The number of nitrogens with zero attached hydrogens (tertiary/aromatic N) is 1. The van der Waals surface area contributed by atoms with Gasteiger partial charge in [0, 0.05) is 12.1 Å². The van der Waals surface area contributed by atoms with Gasteiger partial charge in [0.1, 0.15) is 0 Å².